The summed E-state index contributed by atoms with van der Waals surface area (Å²) in [5.41, 5.74) is 15.7. The van der Waals surface area contributed by atoms with Crippen LogP contribution < -0.4 is 0 Å². The number of nitrogens with zero attached hydrogens (tertiary/aromatic N) is 6. The van der Waals surface area contributed by atoms with E-state index in [0.29, 0.717) is 17.5 Å². The summed E-state index contributed by atoms with van der Waals surface area (Å²) >= 11 is 0. The summed E-state index contributed by atoms with van der Waals surface area (Å²) in [7, 11) is 0. The summed E-state index contributed by atoms with van der Waals surface area (Å²) in [4.78, 5) is 30.5. The molecule has 12 aromatic rings. The number of hydrogen-bond acceptors (Lipinski definition) is 6. The number of benzene rings is 8. The Bertz CT molecular complexity index is 3710. The molecule has 0 unspecified atom stereocenters. The molecule has 0 N–H and O–H groups in total. The van der Waals surface area contributed by atoms with Crippen LogP contribution in [0.4, 0.5) is 0 Å². The van der Waals surface area contributed by atoms with E-state index in [9.17, 15) is 0 Å². The highest BCUT2D eigenvalue weighted by Crippen LogP contribution is 2.52. The van der Waals surface area contributed by atoms with Crippen LogP contribution >= 0.6 is 0 Å². The molecular weight excluding hydrogens is 817 g/mol. The van der Waals surface area contributed by atoms with E-state index in [4.69, 9.17) is 24.9 Å². The topological polar surface area (TPSA) is 77.3 Å². The van der Waals surface area contributed by atoms with Gasteiger partial charge in [-0.1, -0.05) is 147 Å². The highest BCUT2D eigenvalue weighted by Gasteiger charge is 2.38. The first-order chi connectivity index (χ1) is 33.0. The highest BCUT2D eigenvalue weighted by molar-refractivity contribution is 6.15. The van der Waals surface area contributed by atoms with Crippen molar-refractivity contribution in [1.29, 1.82) is 0 Å². The normalized spacial score (nSPS) is 12.7. The Labute approximate surface area is 387 Å². The van der Waals surface area contributed by atoms with Gasteiger partial charge in [-0.15, -0.1) is 0 Å². The van der Waals surface area contributed by atoms with Crippen molar-refractivity contribution in [1.82, 2.24) is 29.9 Å². The van der Waals surface area contributed by atoms with Gasteiger partial charge < -0.3 is 0 Å². The fourth-order valence-electron chi connectivity index (χ4n) is 10.6. The van der Waals surface area contributed by atoms with E-state index in [1.54, 1.807) is 6.20 Å². The zero-order valence-corrected chi connectivity index (χ0v) is 36.8. The van der Waals surface area contributed by atoms with Gasteiger partial charge in [0.15, 0.2) is 17.5 Å². The van der Waals surface area contributed by atoms with E-state index in [0.717, 1.165) is 93.4 Å². The van der Waals surface area contributed by atoms with Gasteiger partial charge in [0.05, 0.1) is 11.0 Å². The lowest BCUT2D eigenvalue weighted by molar-refractivity contribution is 0.661. The molecule has 0 fully saturated rings. The summed E-state index contributed by atoms with van der Waals surface area (Å²) < 4.78 is 0. The molecule has 4 heterocycles. The Kier molecular flexibility index (Phi) is 8.77. The van der Waals surface area contributed by atoms with Gasteiger partial charge in [-0.25, -0.2) is 15.0 Å². The Morgan fingerprint density at radius 3 is 1.54 bits per heavy atom. The molecule has 6 nitrogen and oxygen atoms in total. The highest BCUT2D eigenvalue weighted by atomic mass is 15.0. The number of aromatic nitrogens is 6. The van der Waals surface area contributed by atoms with E-state index < -0.39 is 0 Å². The molecule has 0 amide bonds. The third kappa shape index (κ3) is 6.33. The minimum Gasteiger partial charge on any atom is -0.264 e. The SMILES string of the molecule is CC1(C)c2ccccc2-c2cccc(-c3nc(-c4ccc(-c5cccnc5)cc4)nc(-c4cc(-c5c6ccccc6cc6ncccc56)cc(-c5c6ccccc6cc6ncccc56)c4)n3)c21. The Hall–Kier alpha value is -8.74. The molecule has 1 aliphatic rings. The molecule has 0 radical (unpaired) electrons. The summed E-state index contributed by atoms with van der Waals surface area (Å²) in [5.74, 6) is 1.80. The standard InChI is InChI=1S/C61H40N6/c1-61(2)52-23-8-7-18-47(52)48-19-9-20-51(57(48)61)60-66-58(38-26-24-37(25-27-38)41-15-10-28-62-36-41)65-59(67-60)44-32-42(55-45-16-5-3-13-39(45)34-53-49(55)21-11-29-63-53)31-43(33-44)56-46-17-6-4-14-40(46)35-54-50(56)22-12-30-64-54/h3-36H,1-2H3. The third-order valence-electron chi connectivity index (χ3n) is 13.6. The average Bonchev–Trinajstić information content (AvgIpc) is 3.62. The summed E-state index contributed by atoms with van der Waals surface area (Å²) in [6.07, 6.45) is 7.43. The molecule has 4 aromatic heterocycles. The van der Waals surface area contributed by atoms with Gasteiger partial charge in [-0.05, 0) is 126 Å². The first kappa shape index (κ1) is 38.7. The van der Waals surface area contributed by atoms with Crippen LogP contribution in [0.3, 0.4) is 0 Å². The molecule has 1 aliphatic carbocycles. The van der Waals surface area contributed by atoms with Crippen LogP contribution in [0, 0.1) is 0 Å². The van der Waals surface area contributed by atoms with Crippen molar-refractivity contribution < 1.29 is 0 Å². The predicted octanol–water partition coefficient (Wildman–Crippen LogP) is 15.0. The Balaban J connectivity index is 1.11. The van der Waals surface area contributed by atoms with Gasteiger partial charge in [0.1, 0.15) is 0 Å². The van der Waals surface area contributed by atoms with E-state index >= 15 is 0 Å². The van der Waals surface area contributed by atoms with Crippen molar-refractivity contribution in [3.8, 4) is 78.7 Å². The fourth-order valence-corrected chi connectivity index (χ4v) is 10.6. The van der Waals surface area contributed by atoms with Crippen molar-refractivity contribution >= 4 is 43.4 Å². The second kappa shape index (κ2) is 15.2. The third-order valence-corrected chi connectivity index (χ3v) is 13.6. The molecule has 8 aromatic carbocycles. The molecule has 314 valence electrons. The van der Waals surface area contributed by atoms with Gasteiger partial charge in [0.2, 0.25) is 0 Å². The lowest BCUT2D eigenvalue weighted by Crippen LogP contribution is -2.17. The quantitative estimate of drug-likeness (QED) is 0.155. The molecule has 0 saturated carbocycles. The van der Waals surface area contributed by atoms with Gasteiger partial charge in [0, 0.05) is 57.7 Å². The van der Waals surface area contributed by atoms with Crippen LogP contribution in [0.1, 0.15) is 25.0 Å². The zero-order chi connectivity index (χ0) is 44.6. The average molecular weight is 857 g/mol. The van der Waals surface area contributed by atoms with Crippen molar-refractivity contribution in [2.45, 2.75) is 19.3 Å². The van der Waals surface area contributed by atoms with Gasteiger partial charge in [0.25, 0.3) is 0 Å². The van der Waals surface area contributed by atoms with E-state index in [1.807, 2.05) is 36.8 Å². The second-order valence-corrected chi connectivity index (χ2v) is 17.9. The molecule has 13 rings (SSSR count). The molecule has 67 heavy (non-hydrogen) atoms. The summed E-state index contributed by atoms with van der Waals surface area (Å²) in [6, 6.07) is 64.6. The molecule has 0 spiro atoms. The van der Waals surface area contributed by atoms with Crippen molar-refractivity contribution in [3.63, 3.8) is 0 Å². The fraction of sp³-hybridized carbons (Fsp3) is 0.0492. The van der Waals surface area contributed by atoms with Crippen molar-refractivity contribution in [2.75, 3.05) is 0 Å². The smallest absolute Gasteiger partial charge is 0.164 e. The summed E-state index contributed by atoms with van der Waals surface area (Å²) in [5, 5.41) is 6.67. The van der Waals surface area contributed by atoms with Gasteiger partial charge >= 0.3 is 0 Å². The van der Waals surface area contributed by atoms with Crippen LogP contribution in [-0.4, -0.2) is 29.9 Å². The van der Waals surface area contributed by atoms with Crippen LogP contribution in [0.15, 0.2) is 207 Å². The maximum absolute atomic E-state index is 5.53. The monoisotopic (exact) mass is 856 g/mol. The number of pyridine rings is 3. The number of hydrogen-bond donors (Lipinski definition) is 0. The molecule has 0 atom stereocenters. The predicted molar refractivity (Wildman–Crippen MR) is 273 cm³/mol. The number of rotatable bonds is 6. The van der Waals surface area contributed by atoms with Crippen LogP contribution in [0.25, 0.3) is 122 Å². The van der Waals surface area contributed by atoms with Gasteiger partial charge in [-0.3, -0.25) is 15.0 Å². The maximum atomic E-state index is 5.53. The van der Waals surface area contributed by atoms with Crippen LogP contribution in [-0.2, 0) is 5.41 Å². The number of fused-ring (bicyclic) bond motifs is 7. The van der Waals surface area contributed by atoms with Crippen LogP contribution in [0.5, 0.6) is 0 Å². The Morgan fingerprint density at radius 1 is 0.358 bits per heavy atom. The van der Waals surface area contributed by atoms with Crippen LogP contribution in [0.2, 0.25) is 0 Å². The molecule has 0 saturated heterocycles. The minimum atomic E-state index is -0.291. The molecule has 0 bridgehead atoms. The lowest BCUT2D eigenvalue weighted by atomic mass is 9.80. The van der Waals surface area contributed by atoms with Crippen molar-refractivity contribution in [3.05, 3.63) is 218 Å². The minimum absolute atomic E-state index is 0.291. The first-order valence-corrected chi connectivity index (χ1v) is 22.7. The largest absolute Gasteiger partial charge is 0.264 e. The van der Waals surface area contributed by atoms with E-state index in [2.05, 4.69) is 183 Å². The molecular formula is C61H40N6. The zero-order valence-electron chi connectivity index (χ0n) is 36.8. The van der Waals surface area contributed by atoms with E-state index in [1.165, 1.54) is 22.3 Å². The molecule has 0 aliphatic heterocycles. The van der Waals surface area contributed by atoms with E-state index in [-0.39, 0.29) is 5.41 Å². The van der Waals surface area contributed by atoms with Gasteiger partial charge in [-0.2, -0.15) is 0 Å². The first-order valence-electron chi connectivity index (χ1n) is 22.7. The lowest BCUT2D eigenvalue weighted by Gasteiger charge is -2.24. The maximum Gasteiger partial charge on any atom is 0.164 e. The Morgan fingerprint density at radius 2 is 0.881 bits per heavy atom. The van der Waals surface area contributed by atoms with Crippen molar-refractivity contribution in [2.24, 2.45) is 0 Å². The second-order valence-electron chi connectivity index (χ2n) is 17.9. The summed E-state index contributed by atoms with van der Waals surface area (Å²) in [6.45, 7) is 4.62. The molecule has 6 heteroatoms.